The predicted molar refractivity (Wildman–Crippen MR) is 83.9 cm³/mol. The molecule has 0 radical (unpaired) electrons. The number of nitrogens with two attached hydrogens (primary N) is 1. The molecule has 1 rings (SSSR count). The molecule has 1 aliphatic rings. The highest BCUT2D eigenvalue weighted by Gasteiger charge is 2.22. The van der Waals surface area contributed by atoms with Crippen molar-refractivity contribution in [1.29, 1.82) is 0 Å². The second-order valence-corrected chi connectivity index (χ2v) is 6.87. The molecule has 0 saturated carbocycles. The number of rotatable bonds is 7. The van der Waals surface area contributed by atoms with E-state index in [-0.39, 0.29) is 5.41 Å². The van der Waals surface area contributed by atoms with Gasteiger partial charge < -0.3 is 10.6 Å². The van der Waals surface area contributed by atoms with Gasteiger partial charge in [-0.2, -0.15) is 0 Å². The summed E-state index contributed by atoms with van der Waals surface area (Å²) in [6.07, 6.45) is 7.87. The second-order valence-electron chi connectivity index (χ2n) is 6.43. The minimum atomic E-state index is 0.0237. The van der Waals surface area contributed by atoms with Crippen molar-refractivity contribution in [2.24, 2.45) is 17.1 Å². The van der Waals surface area contributed by atoms with Crippen molar-refractivity contribution in [1.82, 2.24) is 4.90 Å². The van der Waals surface area contributed by atoms with Gasteiger partial charge in [0.15, 0.2) is 0 Å². The monoisotopic (exact) mass is 270 g/mol. The summed E-state index contributed by atoms with van der Waals surface area (Å²) < 4.78 is 0. The number of likely N-dealkylation sites (tertiary alicyclic amines) is 1. The zero-order valence-electron chi connectivity index (χ0n) is 12.4. The van der Waals surface area contributed by atoms with Crippen LogP contribution in [0, 0.1) is 11.3 Å². The first kappa shape index (κ1) is 15.9. The van der Waals surface area contributed by atoms with Crippen molar-refractivity contribution in [3.8, 4) is 0 Å². The summed E-state index contributed by atoms with van der Waals surface area (Å²) in [5, 5.41) is 0. The molecule has 0 bridgehead atoms. The first-order valence-electron chi connectivity index (χ1n) is 7.48. The summed E-state index contributed by atoms with van der Waals surface area (Å²) in [7, 11) is 0. The maximum absolute atomic E-state index is 5.76. The molecular weight excluding hydrogens is 240 g/mol. The van der Waals surface area contributed by atoms with Crippen LogP contribution in [0.1, 0.15) is 59.3 Å². The van der Waals surface area contributed by atoms with Crippen LogP contribution in [0.2, 0.25) is 0 Å². The van der Waals surface area contributed by atoms with Crippen molar-refractivity contribution < 1.29 is 0 Å². The molecule has 1 fully saturated rings. The predicted octanol–water partition coefficient (Wildman–Crippen LogP) is 3.59. The van der Waals surface area contributed by atoms with Gasteiger partial charge in [0, 0.05) is 5.41 Å². The van der Waals surface area contributed by atoms with Gasteiger partial charge in [0.05, 0.1) is 4.99 Å². The van der Waals surface area contributed by atoms with E-state index in [9.17, 15) is 0 Å². The van der Waals surface area contributed by atoms with Crippen LogP contribution < -0.4 is 5.73 Å². The van der Waals surface area contributed by atoms with Gasteiger partial charge in [-0.3, -0.25) is 0 Å². The Hall–Kier alpha value is -0.150. The molecule has 0 atom stereocenters. The van der Waals surface area contributed by atoms with E-state index in [4.69, 9.17) is 18.0 Å². The zero-order valence-corrected chi connectivity index (χ0v) is 13.2. The fraction of sp³-hybridized carbons (Fsp3) is 0.933. The Morgan fingerprint density at radius 1 is 1.33 bits per heavy atom. The number of thiocarbonyl (C=S) groups is 1. The smallest absolute Gasteiger partial charge is 0.0784 e. The van der Waals surface area contributed by atoms with E-state index >= 15 is 0 Å². The Bertz CT molecular complexity index is 255. The number of hydrogen-bond donors (Lipinski definition) is 1. The standard InChI is InChI=1S/C15H30N2S/c1-4-6-13-7-11-17(12-8-13)10-5-9-15(2,3)14(16)18/h13H,4-12H2,1-3H3,(H2,16,18). The Balaban J connectivity index is 2.16. The van der Waals surface area contributed by atoms with Crippen LogP contribution in [-0.4, -0.2) is 29.5 Å². The molecule has 0 aromatic carbocycles. The normalized spacial score (nSPS) is 19.1. The minimum Gasteiger partial charge on any atom is -0.393 e. The van der Waals surface area contributed by atoms with E-state index < -0.39 is 0 Å². The topological polar surface area (TPSA) is 29.3 Å². The lowest BCUT2D eigenvalue weighted by Crippen LogP contribution is -2.36. The Kier molecular flexibility index (Phi) is 6.58. The molecule has 1 heterocycles. The molecule has 0 amide bonds. The van der Waals surface area contributed by atoms with E-state index in [1.165, 1.54) is 51.7 Å². The molecule has 0 aliphatic carbocycles. The highest BCUT2D eigenvalue weighted by atomic mass is 32.1. The summed E-state index contributed by atoms with van der Waals surface area (Å²) in [5.41, 5.74) is 5.78. The molecule has 1 aliphatic heterocycles. The Morgan fingerprint density at radius 3 is 2.44 bits per heavy atom. The van der Waals surface area contributed by atoms with Crippen molar-refractivity contribution in [3.63, 3.8) is 0 Å². The highest BCUT2D eigenvalue weighted by molar-refractivity contribution is 7.80. The van der Waals surface area contributed by atoms with Crippen LogP contribution in [0.25, 0.3) is 0 Å². The minimum absolute atomic E-state index is 0.0237. The Morgan fingerprint density at radius 2 is 1.94 bits per heavy atom. The molecule has 1 saturated heterocycles. The van der Waals surface area contributed by atoms with Gasteiger partial charge in [-0.15, -0.1) is 0 Å². The van der Waals surface area contributed by atoms with E-state index in [1.807, 2.05) is 0 Å². The molecule has 106 valence electrons. The van der Waals surface area contributed by atoms with Crippen molar-refractivity contribution in [2.45, 2.75) is 59.3 Å². The average Bonchev–Trinajstić information content (AvgIpc) is 2.31. The third-order valence-electron chi connectivity index (χ3n) is 4.35. The molecule has 18 heavy (non-hydrogen) atoms. The third kappa shape index (κ3) is 5.23. The fourth-order valence-corrected chi connectivity index (χ4v) is 2.88. The zero-order chi connectivity index (χ0) is 13.6. The fourth-order valence-electron chi connectivity index (χ4n) is 2.77. The van der Waals surface area contributed by atoms with Gasteiger partial charge in [-0.05, 0) is 51.2 Å². The first-order valence-corrected chi connectivity index (χ1v) is 7.89. The maximum Gasteiger partial charge on any atom is 0.0784 e. The van der Waals surface area contributed by atoms with Gasteiger partial charge in [0.2, 0.25) is 0 Å². The number of nitrogens with zero attached hydrogens (tertiary/aromatic N) is 1. The van der Waals surface area contributed by atoms with Gasteiger partial charge in [0.1, 0.15) is 0 Å². The van der Waals surface area contributed by atoms with Crippen molar-refractivity contribution in [3.05, 3.63) is 0 Å². The highest BCUT2D eigenvalue weighted by Crippen LogP contribution is 2.25. The van der Waals surface area contributed by atoms with Crippen LogP contribution in [0.15, 0.2) is 0 Å². The molecule has 0 aromatic rings. The van der Waals surface area contributed by atoms with Gasteiger partial charge >= 0.3 is 0 Å². The van der Waals surface area contributed by atoms with E-state index in [1.54, 1.807) is 0 Å². The quantitative estimate of drug-likeness (QED) is 0.717. The number of piperidine rings is 1. The maximum atomic E-state index is 5.76. The van der Waals surface area contributed by atoms with Gasteiger partial charge in [-0.1, -0.05) is 45.8 Å². The molecule has 3 heteroatoms. The van der Waals surface area contributed by atoms with Crippen LogP contribution in [0.5, 0.6) is 0 Å². The van der Waals surface area contributed by atoms with Gasteiger partial charge in [0.25, 0.3) is 0 Å². The summed E-state index contributed by atoms with van der Waals surface area (Å²) >= 11 is 5.11. The van der Waals surface area contributed by atoms with Crippen LogP contribution in [0.4, 0.5) is 0 Å². The molecular formula is C15H30N2S. The van der Waals surface area contributed by atoms with Gasteiger partial charge in [-0.25, -0.2) is 0 Å². The molecule has 0 unspecified atom stereocenters. The largest absolute Gasteiger partial charge is 0.393 e. The average molecular weight is 270 g/mol. The van der Waals surface area contributed by atoms with Crippen molar-refractivity contribution in [2.75, 3.05) is 19.6 Å². The van der Waals surface area contributed by atoms with E-state index in [0.29, 0.717) is 4.99 Å². The van der Waals surface area contributed by atoms with Crippen LogP contribution in [0.3, 0.4) is 0 Å². The van der Waals surface area contributed by atoms with Crippen LogP contribution >= 0.6 is 12.2 Å². The summed E-state index contributed by atoms with van der Waals surface area (Å²) in [6.45, 7) is 10.4. The number of hydrogen-bond acceptors (Lipinski definition) is 2. The lowest BCUT2D eigenvalue weighted by Gasteiger charge is -2.32. The van der Waals surface area contributed by atoms with E-state index in [2.05, 4.69) is 25.7 Å². The van der Waals surface area contributed by atoms with Crippen LogP contribution in [-0.2, 0) is 0 Å². The molecule has 0 aromatic heterocycles. The third-order valence-corrected chi connectivity index (χ3v) is 4.90. The molecule has 2 nitrogen and oxygen atoms in total. The summed E-state index contributed by atoms with van der Waals surface area (Å²) in [5.74, 6) is 0.985. The summed E-state index contributed by atoms with van der Waals surface area (Å²) in [4.78, 5) is 3.27. The summed E-state index contributed by atoms with van der Waals surface area (Å²) in [6, 6.07) is 0. The Labute approximate surface area is 118 Å². The van der Waals surface area contributed by atoms with E-state index in [0.717, 1.165) is 12.3 Å². The van der Waals surface area contributed by atoms with Crippen molar-refractivity contribution >= 4 is 17.2 Å². The SMILES string of the molecule is CCCC1CCN(CCCC(C)(C)C(N)=S)CC1. The lowest BCUT2D eigenvalue weighted by atomic mass is 9.87. The lowest BCUT2D eigenvalue weighted by molar-refractivity contribution is 0.172. The molecule has 0 spiro atoms. The second kappa shape index (κ2) is 7.44. The first-order chi connectivity index (χ1) is 8.45. The molecule has 2 N–H and O–H groups in total.